The zero-order valence-corrected chi connectivity index (χ0v) is 11.0. The van der Waals surface area contributed by atoms with E-state index in [0.29, 0.717) is 17.6 Å². The zero-order chi connectivity index (χ0) is 14.1. The SMILES string of the molecule is O=C(c1cc(=O)[nH]c2ccccc12)N1CCC[C@@H]1CO. The number of amides is 1. The van der Waals surface area contributed by atoms with Crippen LogP contribution in [0.25, 0.3) is 10.9 Å². The van der Waals surface area contributed by atoms with Crippen molar-refractivity contribution in [1.82, 2.24) is 9.88 Å². The van der Waals surface area contributed by atoms with Gasteiger partial charge in [0.25, 0.3) is 5.91 Å². The lowest BCUT2D eigenvalue weighted by atomic mass is 10.1. The molecule has 0 spiro atoms. The van der Waals surface area contributed by atoms with Gasteiger partial charge < -0.3 is 15.0 Å². The summed E-state index contributed by atoms with van der Waals surface area (Å²) in [5.41, 5.74) is 0.777. The zero-order valence-electron chi connectivity index (χ0n) is 11.0. The van der Waals surface area contributed by atoms with Crippen LogP contribution in [0.1, 0.15) is 23.2 Å². The summed E-state index contributed by atoms with van der Waals surface area (Å²) in [6.45, 7) is 0.595. The van der Waals surface area contributed by atoms with E-state index < -0.39 is 0 Å². The average Bonchev–Trinajstić information content (AvgIpc) is 2.94. The van der Waals surface area contributed by atoms with E-state index in [-0.39, 0.29) is 24.1 Å². The van der Waals surface area contributed by atoms with Crippen LogP contribution in [0, 0.1) is 0 Å². The van der Waals surface area contributed by atoms with Crippen molar-refractivity contribution in [3.8, 4) is 0 Å². The summed E-state index contributed by atoms with van der Waals surface area (Å²) in [6.07, 6.45) is 1.70. The lowest BCUT2D eigenvalue weighted by Gasteiger charge is -2.23. The van der Waals surface area contributed by atoms with Crippen LogP contribution in [0.2, 0.25) is 0 Å². The number of para-hydroxylation sites is 1. The summed E-state index contributed by atoms with van der Waals surface area (Å²) < 4.78 is 0. The first-order valence-corrected chi connectivity index (χ1v) is 6.74. The van der Waals surface area contributed by atoms with Gasteiger partial charge in [0, 0.05) is 23.5 Å². The largest absolute Gasteiger partial charge is 0.394 e. The molecule has 2 heterocycles. The van der Waals surface area contributed by atoms with Crippen molar-refractivity contribution < 1.29 is 9.90 Å². The van der Waals surface area contributed by atoms with Gasteiger partial charge in [-0.05, 0) is 18.9 Å². The Morgan fingerprint density at radius 3 is 3.00 bits per heavy atom. The minimum Gasteiger partial charge on any atom is -0.394 e. The Balaban J connectivity index is 2.09. The molecule has 20 heavy (non-hydrogen) atoms. The van der Waals surface area contributed by atoms with Crippen molar-refractivity contribution >= 4 is 16.8 Å². The van der Waals surface area contributed by atoms with Crippen LogP contribution in [0.5, 0.6) is 0 Å². The van der Waals surface area contributed by atoms with E-state index in [0.717, 1.165) is 18.2 Å². The molecule has 1 atom stereocenters. The number of likely N-dealkylation sites (tertiary alicyclic amines) is 1. The molecule has 1 fully saturated rings. The number of carbonyl (C=O) groups is 1. The third-order valence-electron chi connectivity index (χ3n) is 3.83. The van der Waals surface area contributed by atoms with Crippen LogP contribution in [-0.4, -0.2) is 40.1 Å². The molecule has 5 heteroatoms. The summed E-state index contributed by atoms with van der Waals surface area (Å²) in [6, 6.07) is 8.46. The van der Waals surface area contributed by atoms with Crippen molar-refractivity contribution in [2.75, 3.05) is 13.2 Å². The van der Waals surface area contributed by atoms with E-state index in [1.54, 1.807) is 11.0 Å². The summed E-state index contributed by atoms with van der Waals surface area (Å²) in [5.74, 6) is -0.177. The summed E-state index contributed by atoms with van der Waals surface area (Å²) in [4.78, 5) is 28.7. The predicted octanol–water partition coefficient (Wildman–Crippen LogP) is 1.12. The number of benzene rings is 1. The molecule has 3 rings (SSSR count). The number of hydrogen-bond acceptors (Lipinski definition) is 3. The quantitative estimate of drug-likeness (QED) is 0.860. The molecular weight excluding hydrogens is 256 g/mol. The Hall–Kier alpha value is -2.14. The van der Waals surface area contributed by atoms with Gasteiger partial charge in [-0.2, -0.15) is 0 Å². The van der Waals surface area contributed by atoms with Gasteiger partial charge in [-0.25, -0.2) is 0 Å². The van der Waals surface area contributed by atoms with Gasteiger partial charge in [-0.3, -0.25) is 9.59 Å². The van der Waals surface area contributed by atoms with Gasteiger partial charge in [0.15, 0.2) is 0 Å². The smallest absolute Gasteiger partial charge is 0.255 e. The van der Waals surface area contributed by atoms with Crippen molar-refractivity contribution in [2.24, 2.45) is 0 Å². The van der Waals surface area contributed by atoms with Crippen LogP contribution in [0.15, 0.2) is 35.1 Å². The second-order valence-electron chi connectivity index (χ2n) is 5.07. The van der Waals surface area contributed by atoms with E-state index in [2.05, 4.69) is 4.98 Å². The molecule has 1 amide bonds. The van der Waals surface area contributed by atoms with E-state index >= 15 is 0 Å². The van der Waals surface area contributed by atoms with Gasteiger partial charge in [0.1, 0.15) is 0 Å². The van der Waals surface area contributed by atoms with Gasteiger partial charge in [0.2, 0.25) is 5.56 Å². The van der Waals surface area contributed by atoms with Crippen LogP contribution in [0.4, 0.5) is 0 Å². The Morgan fingerprint density at radius 2 is 2.20 bits per heavy atom. The number of aromatic nitrogens is 1. The third kappa shape index (κ3) is 2.10. The molecular formula is C15H16N2O3. The van der Waals surface area contributed by atoms with Crippen LogP contribution < -0.4 is 5.56 Å². The number of pyridine rings is 1. The van der Waals surface area contributed by atoms with Crippen LogP contribution in [-0.2, 0) is 0 Å². The first-order chi connectivity index (χ1) is 9.70. The minimum atomic E-state index is -0.285. The number of aromatic amines is 1. The molecule has 0 radical (unpaired) electrons. The minimum absolute atomic E-state index is 0.0349. The number of H-pyrrole nitrogens is 1. The molecule has 0 aliphatic carbocycles. The number of nitrogens with one attached hydrogen (secondary N) is 1. The van der Waals surface area contributed by atoms with Crippen molar-refractivity contribution in [3.63, 3.8) is 0 Å². The summed E-state index contributed by atoms with van der Waals surface area (Å²) in [7, 11) is 0. The van der Waals surface area contributed by atoms with E-state index in [4.69, 9.17) is 0 Å². The average molecular weight is 272 g/mol. The number of fused-ring (bicyclic) bond motifs is 1. The fraction of sp³-hybridized carbons (Fsp3) is 0.333. The molecule has 1 aliphatic rings. The first-order valence-electron chi connectivity index (χ1n) is 6.74. The summed E-state index contributed by atoms with van der Waals surface area (Å²) in [5, 5.41) is 10.1. The highest BCUT2D eigenvalue weighted by Crippen LogP contribution is 2.22. The second kappa shape index (κ2) is 5.09. The van der Waals surface area contributed by atoms with Crippen molar-refractivity contribution in [3.05, 3.63) is 46.2 Å². The van der Waals surface area contributed by atoms with Crippen LogP contribution >= 0.6 is 0 Å². The normalized spacial score (nSPS) is 18.6. The highest BCUT2D eigenvalue weighted by molar-refractivity contribution is 6.06. The highest BCUT2D eigenvalue weighted by Gasteiger charge is 2.29. The number of rotatable bonds is 2. The van der Waals surface area contributed by atoms with Crippen LogP contribution in [0.3, 0.4) is 0 Å². The van der Waals surface area contributed by atoms with Gasteiger partial charge in [0.05, 0.1) is 18.2 Å². The third-order valence-corrected chi connectivity index (χ3v) is 3.83. The van der Waals surface area contributed by atoms with E-state index in [1.807, 2.05) is 18.2 Å². The molecule has 104 valence electrons. The predicted molar refractivity (Wildman–Crippen MR) is 75.7 cm³/mol. The maximum atomic E-state index is 12.6. The van der Waals surface area contributed by atoms with Gasteiger partial charge in [-0.1, -0.05) is 18.2 Å². The standard InChI is InChI=1S/C15H16N2O3/c18-9-10-4-3-7-17(10)15(20)12-8-14(19)16-13-6-2-1-5-11(12)13/h1-2,5-6,8,10,18H,3-4,7,9H2,(H,16,19)/t10-/m1/s1. The molecule has 1 aliphatic heterocycles. The molecule has 1 aromatic heterocycles. The number of hydrogen-bond donors (Lipinski definition) is 2. The second-order valence-corrected chi connectivity index (χ2v) is 5.07. The number of nitrogens with zero attached hydrogens (tertiary/aromatic N) is 1. The molecule has 0 unspecified atom stereocenters. The topological polar surface area (TPSA) is 73.4 Å². The lowest BCUT2D eigenvalue weighted by Crippen LogP contribution is -2.38. The van der Waals surface area contributed by atoms with Gasteiger partial charge in [-0.15, -0.1) is 0 Å². The Morgan fingerprint density at radius 1 is 1.40 bits per heavy atom. The number of carbonyl (C=O) groups excluding carboxylic acids is 1. The van der Waals surface area contributed by atoms with Crippen molar-refractivity contribution in [1.29, 1.82) is 0 Å². The Kier molecular flexibility index (Phi) is 3.28. The molecule has 1 saturated heterocycles. The molecule has 0 bridgehead atoms. The van der Waals surface area contributed by atoms with E-state index in [9.17, 15) is 14.7 Å². The Bertz CT molecular complexity index is 708. The first kappa shape index (κ1) is 12.9. The molecule has 0 saturated carbocycles. The monoisotopic (exact) mass is 272 g/mol. The Labute approximate surface area is 115 Å². The summed E-state index contributed by atoms with van der Waals surface area (Å²) >= 11 is 0. The molecule has 2 N–H and O–H groups in total. The lowest BCUT2D eigenvalue weighted by molar-refractivity contribution is 0.0679. The molecule has 5 nitrogen and oxygen atoms in total. The fourth-order valence-corrected chi connectivity index (χ4v) is 2.83. The van der Waals surface area contributed by atoms with Crippen molar-refractivity contribution in [2.45, 2.75) is 18.9 Å². The molecule has 1 aromatic carbocycles. The van der Waals surface area contributed by atoms with Gasteiger partial charge >= 0.3 is 0 Å². The fourth-order valence-electron chi connectivity index (χ4n) is 2.83. The number of aliphatic hydroxyl groups is 1. The maximum Gasteiger partial charge on any atom is 0.255 e. The highest BCUT2D eigenvalue weighted by atomic mass is 16.3. The maximum absolute atomic E-state index is 12.6. The molecule has 2 aromatic rings. The van der Waals surface area contributed by atoms with E-state index in [1.165, 1.54) is 6.07 Å². The number of aliphatic hydroxyl groups excluding tert-OH is 1.